The van der Waals surface area contributed by atoms with Gasteiger partial charge in [-0.25, -0.2) is 4.39 Å². The van der Waals surface area contributed by atoms with Gasteiger partial charge in [0.05, 0.1) is 5.69 Å². The minimum Gasteiger partial charge on any atom is -0.368 e. The first-order chi connectivity index (χ1) is 7.20. The molecule has 5 heteroatoms. The summed E-state index contributed by atoms with van der Waals surface area (Å²) in [7, 11) is 0. The number of rotatable bonds is 2. The second-order valence-electron chi connectivity index (χ2n) is 3.13. The lowest BCUT2D eigenvalue weighted by Gasteiger charge is -2.01. The van der Waals surface area contributed by atoms with Crippen molar-refractivity contribution in [2.45, 2.75) is 13.3 Å². The van der Waals surface area contributed by atoms with Crippen molar-refractivity contribution >= 4 is 5.95 Å². The van der Waals surface area contributed by atoms with Crippen LogP contribution in [0.4, 0.5) is 10.3 Å². The molecular formula is C10H11FN4. The molecule has 2 N–H and O–H groups in total. The molecule has 1 aromatic heterocycles. The number of anilines is 1. The Morgan fingerprint density at radius 2 is 2.27 bits per heavy atom. The summed E-state index contributed by atoms with van der Waals surface area (Å²) in [5.74, 6) is 0.606. The number of aryl methyl sites for hydroxylation is 1. The van der Waals surface area contributed by atoms with E-state index in [9.17, 15) is 4.39 Å². The fourth-order valence-corrected chi connectivity index (χ4v) is 1.32. The van der Waals surface area contributed by atoms with Crippen molar-refractivity contribution in [2.75, 3.05) is 5.73 Å². The molecule has 0 saturated heterocycles. The summed E-state index contributed by atoms with van der Waals surface area (Å²) in [4.78, 5) is 4.04. The molecule has 1 heterocycles. The van der Waals surface area contributed by atoms with Gasteiger partial charge in [0, 0.05) is 6.42 Å². The first-order valence-electron chi connectivity index (χ1n) is 4.68. The molecule has 0 aliphatic carbocycles. The Hall–Kier alpha value is -1.91. The quantitative estimate of drug-likeness (QED) is 0.811. The van der Waals surface area contributed by atoms with Gasteiger partial charge >= 0.3 is 0 Å². The first-order valence-corrected chi connectivity index (χ1v) is 4.68. The number of hydrogen-bond donors (Lipinski definition) is 1. The van der Waals surface area contributed by atoms with Crippen molar-refractivity contribution < 1.29 is 4.39 Å². The number of nitrogen functional groups attached to an aromatic ring is 1. The van der Waals surface area contributed by atoms with Gasteiger partial charge in [0.1, 0.15) is 5.82 Å². The molecule has 0 bridgehead atoms. The van der Waals surface area contributed by atoms with E-state index in [1.165, 1.54) is 16.8 Å². The van der Waals surface area contributed by atoms with Gasteiger partial charge in [-0.3, -0.25) is 0 Å². The molecule has 0 radical (unpaired) electrons. The standard InChI is InChI=1S/C10H11FN4/c1-2-9-13-10(12)15(14-9)8-5-3-4-7(11)6-8/h3-6H,2H2,1H3,(H2,12,13,14). The highest BCUT2D eigenvalue weighted by Crippen LogP contribution is 2.12. The largest absolute Gasteiger partial charge is 0.368 e. The van der Waals surface area contributed by atoms with E-state index in [2.05, 4.69) is 10.1 Å². The van der Waals surface area contributed by atoms with Crippen molar-refractivity contribution in [3.8, 4) is 5.69 Å². The van der Waals surface area contributed by atoms with Crippen LogP contribution < -0.4 is 5.73 Å². The van der Waals surface area contributed by atoms with Gasteiger partial charge in [-0.2, -0.15) is 9.67 Å². The number of nitrogens with two attached hydrogens (primary N) is 1. The zero-order valence-corrected chi connectivity index (χ0v) is 8.31. The van der Waals surface area contributed by atoms with Crippen LogP contribution in [0.2, 0.25) is 0 Å². The van der Waals surface area contributed by atoms with Crippen molar-refractivity contribution in [3.63, 3.8) is 0 Å². The SMILES string of the molecule is CCc1nc(N)n(-c2cccc(F)c2)n1. The van der Waals surface area contributed by atoms with Crippen LogP contribution in [-0.4, -0.2) is 14.8 Å². The van der Waals surface area contributed by atoms with E-state index in [-0.39, 0.29) is 11.8 Å². The molecule has 0 fully saturated rings. The predicted octanol–water partition coefficient (Wildman–Crippen LogP) is 1.55. The van der Waals surface area contributed by atoms with Crippen molar-refractivity contribution in [3.05, 3.63) is 35.9 Å². The topological polar surface area (TPSA) is 56.7 Å². The monoisotopic (exact) mass is 206 g/mol. The van der Waals surface area contributed by atoms with Gasteiger partial charge in [0.2, 0.25) is 5.95 Å². The van der Waals surface area contributed by atoms with E-state index < -0.39 is 0 Å². The molecule has 78 valence electrons. The van der Waals surface area contributed by atoms with Gasteiger partial charge < -0.3 is 5.73 Å². The molecule has 15 heavy (non-hydrogen) atoms. The van der Waals surface area contributed by atoms with Gasteiger partial charge in [-0.05, 0) is 18.2 Å². The number of benzene rings is 1. The van der Waals surface area contributed by atoms with Crippen LogP contribution in [0.15, 0.2) is 24.3 Å². The molecule has 0 atom stereocenters. The summed E-state index contributed by atoms with van der Waals surface area (Å²) in [6.45, 7) is 1.94. The minimum absolute atomic E-state index is 0.275. The lowest BCUT2D eigenvalue weighted by atomic mass is 10.3. The molecule has 2 aromatic rings. The number of hydrogen-bond acceptors (Lipinski definition) is 3. The lowest BCUT2D eigenvalue weighted by molar-refractivity contribution is 0.625. The minimum atomic E-state index is -0.319. The summed E-state index contributed by atoms with van der Waals surface area (Å²) >= 11 is 0. The summed E-state index contributed by atoms with van der Waals surface area (Å²) in [5.41, 5.74) is 6.25. The molecule has 0 saturated carbocycles. The van der Waals surface area contributed by atoms with Crippen LogP contribution in [0.25, 0.3) is 5.69 Å². The van der Waals surface area contributed by atoms with Gasteiger partial charge in [-0.15, -0.1) is 5.10 Å². The molecule has 0 spiro atoms. The maximum Gasteiger partial charge on any atom is 0.223 e. The Bertz CT molecular complexity index is 478. The van der Waals surface area contributed by atoms with Crippen LogP contribution in [0, 0.1) is 5.82 Å². The van der Waals surface area contributed by atoms with Crippen LogP contribution in [0.1, 0.15) is 12.7 Å². The van der Waals surface area contributed by atoms with Crippen LogP contribution in [-0.2, 0) is 6.42 Å². The third-order valence-corrected chi connectivity index (χ3v) is 2.05. The van der Waals surface area contributed by atoms with Gasteiger partial charge in [-0.1, -0.05) is 13.0 Å². The van der Waals surface area contributed by atoms with E-state index >= 15 is 0 Å². The third-order valence-electron chi connectivity index (χ3n) is 2.05. The van der Waals surface area contributed by atoms with Gasteiger partial charge in [0.15, 0.2) is 5.82 Å². The highest BCUT2D eigenvalue weighted by Gasteiger charge is 2.07. The molecule has 4 nitrogen and oxygen atoms in total. The summed E-state index contributed by atoms with van der Waals surface area (Å²) < 4.78 is 14.4. The van der Waals surface area contributed by atoms with E-state index in [1.54, 1.807) is 12.1 Å². The Labute approximate surface area is 86.6 Å². The van der Waals surface area contributed by atoms with E-state index in [0.29, 0.717) is 17.9 Å². The molecule has 0 aliphatic rings. The fourth-order valence-electron chi connectivity index (χ4n) is 1.32. The highest BCUT2D eigenvalue weighted by atomic mass is 19.1. The van der Waals surface area contributed by atoms with E-state index in [4.69, 9.17) is 5.73 Å². The molecule has 1 aromatic carbocycles. The molecule has 0 aliphatic heterocycles. The number of halogens is 1. The van der Waals surface area contributed by atoms with E-state index in [1.807, 2.05) is 6.92 Å². The molecule has 2 rings (SSSR count). The summed E-state index contributed by atoms with van der Waals surface area (Å²) in [6, 6.07) is 6.08. The molecular weight excluding hydrogens is 195 g/mol. The Kier molecular flexibility index (Phi) is 2.37. The number of aromatic nitrogens is 3. The van der Waals surface area contributed by atoms with Crippen molar-refractivity contribution in [1.82, 2.24) is 14.8 Å². The lowest BCUT2D eigenvalue weighted by Crippen LogP contribution is -2.02. The highest BCUT2D eigenvalue weighted by molar-refractivity contribution is 5.37. The Morgan fingerprint density at radius 1 is 1.47 bits per heavy atom. The van der Waals surface area contributed by atoms with Crippen LogP contribution in [0.3, 0.4) is 0 Å². The first kappa shape index (κ1) is 9.64. The Morgan fingerprint density at radius 3 is 2.87 bits per heavy atom. The predicted molar refractivity (Wildman–Crippen MR) is 55.1 cm³/mol. The van der Waals surface area contributed by atoms with Crippen molar-refractivity contribution in [2.24, 2.45) is 0 Å². The van der Waals surface area contributed by atoms with E-state index in [0.717, 1.165) is 0 Å². The molecule has 0 unspecified atom stereocenters. The van der Waals surface area contributed by atoms with Crippen LogP contribution >= 0.6 is 0 Å². The fraction of sp³-hybridized carbons (Fsp3) is 0.200. The molecule has 0 amide bonds. The Balaban J connectivity index is 2.48. The second-order valence-corrected chi connectivity index (χ2v) is 3.13. The zero-order valence-electron chi connectivity index (χ0n) is 8.31. The summed E-state index contributed by atoms with van der Waals surface area (Å²) in [5, 5.41) is 4.15. The maximum atomic E-state index is 13.0. The third kappa shape index (κ3) is 1.81. The summed E-state index contributed by atoms with van der Waals surface area (Å²) in [6.07, 6.45) is 0.701. The van der Waals surface area contributed by atoms with Crippen molar-refractivity contribution in [1.29, 1.82) is 0 Å². The smallest absolute Gasteiger partial charge is 0.223 e. The van der Waals surface area contributed by atoms with Gasteiger partial charge in [0.25, 0.3) is 0 Å². The maximum absolute atomic E-state index is 13.0. The van der Waals surface area contributed by atoms with Crippen LogP contribution in [0.5, 0.6) is 0 Å². The average Bonchev–Trinajstić information content (AvgIpc) is 2.60. The normalized spacial score (nSPS) is 10.5. The zero-order chi connectivity index (χ0) is 10.8. The average molecular weight is 206 g/mol. The second kappa shape index (κ2) is 3.68. The number of nitrogens with zero attached hydrogens (tertiary/aromatic N) is 3.